The van der Waals surface area contributed by atoms with Crippen molar-refractivity contribution in [3.05, 3.63) is 11.1 Å². The van der Waals surface area contributed by atoms with Gasteiger partial charge in [-0.05, 0) is 43.9 Å². The number of carbonyl (C=O) groups is 3. The molecule has 0 N–H and O–H groups in total. The number of allylic oxidation sites excluding steroid dienone is 2. The number of rotatable bonds is 2. The highest BCUT2D eigenvalue weighted by atomic mass is 16.5. The summed E-state index contributed by atoms with van der Waals surface area (Å²) in [6, 6.07) is 0. The number of Topliss-reactive ketones (excluding diaryl/α,β-unsaturated/α-hetero) is 2. The molecule has 0 aromatic heterocycles. The van der Waals surface area contributed by atoms with Crippen LogP contribution in [0.1, 0.15) is 72.6 Å². The van der Waals surface area contributed by atoms with Crippen molar-refractivity contribution in [2.75, 3.05) is 7.11 Å². The maximum Gasteiger partial charge on any atom is 0.311 e. The Bertz CT molecular complexity index is 675. The van der Waals surface area contributed by atoms with Gasteiger partial charge in [0.25, 0.3) is 0 Å². The molecule has 0 radical (unpaired) electrons. The number of ether oxygens (including phenoxy) is 1. The molecule has 25 heavy (non-hydrogen) atoms. The molecular weight excluding hydrogens is 316 g/mol. The highest BCUT2D eigenvalue weighted by molar-refractivity contribution is 6.10. The van der Waals surface area contributed by atoms with Crippen molar-refractivity contribution in [2.24, 2.45) is 22.2 Å². The summed E-state index contributed by atoms with van der Waals surface area (Å²) in [5.74, 6) is -0.202. The topological polar surface area (TPSA) is 60.4 Å². The van der Waals surface area contributed by atoms with Crippen LogP contribution in [0.2, 0.25) is 0 Å². The van der Waals surface area contributed by atoms with Gasteiger partial charge in [0.15, 0.2) is 11.6 Å². The smallest absolute Gasteiger partial charge is 0.311 e. The molecule has 0 amide bonds. The van der Waals surface area contributed by atoms with Crippen LogP contribution >= 0.6 is 0 Å². The highest BCUT2D eigenvalue weighted by Gasteiger charge is 2.60. The van der Waals surface area contributed by atoms with Crippen molar-refractivity contribution in [2.45, 2.75) is 72.6 Å². The minimum absolute atomic E-state index is 0.0715. The summed E-state index contributed by atoms with van der Waals surface area (Å²) in [5.41, 5.74) is 0.302. The van der Waals surface area contributed by atoms with Crippen LogP contribution < -0.4 is 0 Å². The summed E-state index contributed by atoms with van der Waals surface area (Å²) >= 11 is 0. The Labute approximate surface area is 150 Å². The standard InChI is InChI=1S/C21H30O4/c1-6-19(2)11-13-14(22)10-16-20(3,17(13)15(23)12-19)8-7-9-21(16,4)18(24)25-5/h16H,6-12H2,1-5H3. The summed E-state index contributed by atoms with van der Waals surface area (Å²) in [7, 11) is 1.41. The van der Waals surface area contributed by atoms with Gasteiger partial charge in [0.2, 0.25) is 0 Å². The normalized spacial score (nSPS) is 41.2. The fourth-order valence-corrected chi connectivity index (χ4v) is 5.78. The summed E-state index contributed by atoms with van der Waals surface area (Å²) in [6.45, 7) is 8.22. The second-order valence-electron chi connectivity index (χ2n) is 9.15. The SMILES string of the molecule is CCC1(C)CC(=O)C2=C(C1)C(=O)CC1C(C)(C(=O)OC)CCCC21C. The van der Waals surface area contributed by atoms with Crippen LogP contribution in [0.4, 0.5) is 0 Å². The van der Waals surface area contributed by atoms with E-state index in [-0.39, 0.29) is 28.9 Å². The molecule has 0 aromatic rings. The van der Waals surface area contributed by atoms with Crippen LogP contribution in [0.5, 0.6) is 0 Å². The summed E-state index contributed by atoms with van der Waals surface area (Å²) in [4.78, 5) is 38.7. The lowest BCUT2D eigenvalue weighted by atomic mass is 9.47. The lowest BCUT2D eigenvalue weighted by Crippen LogP contribution is -2.54. The molecule has 3 aliphatic carbocycles. The molecule has 4 heteroatoms. The molecule has 138 valence electrons. The second kappa shape index (κ2) is 5.78. The van der Waals surface area contributed by atoms with Gasteiger partial charge in [0, 0.05) is 29.4 Å². The molecule has 0 spiro atoms. The van der Waals surface area contributed by atoms with Gasteiger partial charge in [-0.2, -0.15) is 0 Å². The Morgan fingerprint density at radius 1 is 1.12 bits per heavy atom. The average molecular weight is 346 g/mol. The van der Waals surface area contributed by atoms with Gasteiger partial charge in [-0.15, -0.1) is 0 Å². The van der Waals surface area contributed by atoms with E-state index in [0.29, 0.717) is 19.3 Å². The van der Waals surface area contributed by atoms with Gasteiger partial charge in [-0.3, -0.25) is 14.4 Å². The lowest BCUT2D eigenvalue weighted by Gasteiger charge is -2.55. The first kappa shape index (κ1) is 18.3. The number of esters is 1. The maximum atomic E-state index is 13.1. The predicted molar refractivity (Wildman–Crippen MR) is 94.9 cm³/mol. The molecule has 0 saturated heterocycles. The summed E-state index contributed by atoms with van der Waals surface area (Å²) < 4.78 is 5.08. The Morgan fingerprint density at radius 3 is 2.40 bits per heavy atom. The number of ketones is 2. The highest BCUT2D eigenvalue weighted by Crippen LogP contribution is 2.62. The quantitative estimate of drug-likeness (QED) is 0.709. The van der Waals surface area contributed by atoms with E-state index in [1.54, 1.807) is 0 Å². The third-order valence-corrected chi connectivity index (χ3v) is 7.50. The molecule has 1 fully saturated rings. The van der Waals surface area contributed by atoms with Crippen molar-refractivity contribution in [1.82, 2.24) is 0 Å². The van der Waals surface area contributed by atoms with Gasteiger partial charge in [0.05, 0.1) is 12.5 Å². The zero-order valence-electron chi connectivity index (χ0n) is 16.2. The fourth-order valence-electron chi connectivity index (χ4n) is 5.78. The van der Waals surface area contributed by atoms with Crippen LogP contribution in [0, 0.1) is 22.2 Å². The average Bonchev–Trinajstić information content (AvgIpc) is 2.55. The van der Waals surface area contributed by atoms with Crippen molar-refractivity contribution in [3.8, 4) is 0 Å². The molecular formula is C21H30O4. The van der Waals surface area contributed by atoms with Gasteiger partial charge >= 0.3 is 5.97 Å². The van der Waals surface area contributed by atoms with Crippen molar-refractivity contribution in [1.29, 1.82) is 0 Å². The maximum absolute atomic E-state index is 13.1. The van der Waals surface area contributed by atoms with E-state index in [4.69, 9.17) is 4.74 Å². The fraction of sp³-hybridized carbons (Fsp3) is 0.762. The first-order valence-electron chi connectivity index (χ1n) is 9.50. The molecule has 4 nitrogen and oxygen atoms in total. The van der Waals surface area contributed by atoms with E-state index in [1.165, 1.54) is 7.11 Å². The minimum atomic E-state index is -0.693. The molecule has 3 rings (SSSR count). The molecule has 0 aromatic carbocycles. The second-order valence-corrected chi connectivity index (χ2v) is 9.15. The van der Waals surface area contributed by atoms with Crippen LogP contribution in [-0.2, 0) is 19.1 Å². The van der Waals surface area contributed by atoms with E-state index < -0.39 is 10.8 Å². The summed E-state index contributed by atoms with van der Waals surface area (Å²) in [6.07, 6.45) is 4.91. The predicted octanol–water partition coefficient (Wildman–Crippen LogP) is 4.02. The Hall–Kier alpha value is -1.45. The molecule has 0 aliphatic heterocycles. The number of methoxy groups -OCH3 is 1. The van der Waals surface area contributed by atoms with E-state index >= 15 is 0 Å². The molecule has 1 saturated carbocycles. The van der Waals surface area contributed by atoms with Crippen LogP contribution in [0.25, 0.3) is 0 Å². The largest absolute Gasteiger partial charge is 0.469 e. The Kier molecular flexibility index (Phi) is 4.24. The first-order valence-corrected chi connectivity index (χ1v) is 9.50. The van der Waals surface area contributed by atoms with Crippen molar-refractivity contribution >= 4 is 17.5 Å². The van der Waals surface area contributed by atoms with Crippen LogP contribution in [0.15, 0.2) is 11.1 Å². The third kappa shape index (κ3) is 2.51. The van der Waals surface area contributed by atoms with Gasteiger partial charge < -0.3 is 4.74 Å². The zero-order valence-corrected chi connectivity index (χ0v) is 16.2. The minimum Gasteiger partial charge on any atom is -0.469 e. The third-order valence-electron chi connectivity index (χ3n) is 7.50. The number of hydrogen-bond acceptors (Lipinski definition) is 4. The molecule has 4 unspecified atom stereocenters. The number of hydrogen-bond donors (Lipinski definition) is 0. The zero-order chi connectivity index (χ0) is 18.6. The Balaban J connectivity index is 2.13. The van der Waals surface area contributed by atoms with Crippen molar-refractivity contribution < 1.29 is 19.1 Å². The monoisotopic (exact) mass is 346 g/mol. The van der Waals surface area contributed by atoms with E-state index in [1.807, 2.05) is 6.92 Å². The van der Waals surface area contributed by atoms with Gasteiger partial charge in [0.1, 0.15) is 0 Å². The first-order chi connectivity index (χ1) is 11.6. The van der Waals surface area contributed by atoms with E-state index in [2.05, 4.69) is 20.8 Å². The molecule has 3 aliphatic rings. The summed E-state index contributed by atoms with van der Waals surface area (Å²) in [5, 5.41) is 0. The number of fused-ring (bicyclic) bond motifs is 2. The van der Waals surface area contributed by atoms with Gasteiger partial charge in [-0.25, -0.2) is 0 Å². The van der Waals surface area contributed by atoms with Crippen LogP contribution in [-0.4, -0.2) is 24.6 Å². The van der Waals surface area contributed by atoms with Crippen molar-refractivity contribution in [3.63, 3.8) is 0 Å². The molecule has 0 bridgehead atoms. The van der Waals surface area contributed by atoms with E-state index in [9.17, 15) is 14.4 Å². The van der Waals surface area contributed by atoms with Gasteiger partial charge in [-0.1, -0.05) is 27.2 Å². The van der Waals surface area contributed by atoms with Crippen LogP contribution in [0.3, 0.4) is 0 Å². The molecule has 0 heterocycles. The van der Waals surface area contributed by atoms with E-state index in [0.717, 1.165) is 36.8 Å². The lowest BCUT2D eigenvalue weighted by molar-refractivity contribution is -0.164. The Morgan fingerprint density at radius 2 is 1.80 bits per heavy atom. The number of carbonyl (C=O) groups excluding carboxylic acids is 3. The molecule has 4 atom stereocenters.